The summed E-state index contributed by atoms with van der Waals surface area (Å²) in [5, 5.41) is 0. The molecule has 0 N–H and O–H groups in total. The molecule has 0 aromatic heterocycles. The summed E-state index contributed by atoms with van der Waals surface area (Å²) in [7, 11) is 1.37. The van der Waals surface area contributed by atoms with Gasteiger partial charge in [0.25, 0.3) is 5.91 Å². The van der Waals surface area contributed by atoms with E-state index in [4.69, 9.17) is 9.47 Å². The number of ether oxygens (including phenoxy) is 2. The Bertz CT molecular complexity index is 541. The van der Waals surface area contributed by atoms with Gasteiger partial charge in [-0.1, -0.05) is 19.8 Å². The zero-order valence-corrected chi connectivity index (χ0v) is 14.6. The second-order valence-electron chi connectivity index (χ2n) is 6.11. The van der Waals surface area contributed by atoms with Gasteiger partial charge < -0.3 is 14.4 Å². The molecule has 1 fully saturated rings. The normalized spacial score (nSPS) is 17.4. The number of likely N-dealkylation sites (tertiary alicyclic amines) is 1. The Hall–Kier alpha value is -2.04. The number of amides is 1. The van der Waals surface area contributed by atoms with Crippen LogP contribution in [0.5, 0.6) is 5.75 Å². The van der Waals surface area contributed by atoms with Crippen LogP contribution in [0, 0.1) is 0 Å². The number of hydrogen-bond acceptors (Lipinski definition) is 4. The lowest BCUT2D eigenvalue weighted by Crippen LogP contribution is -2.48. The average Bonchev–Trinajstić information content (AvgIpc) is 2.64. The quantitative estimate of drug-likeness (QED) is 0.567. The van der Waals surface area contributed by atoms with Crippen molar-refractivity contribution in [3.63, 3.8) is 0 Å². The molecule has 5 nitrogen and oxygen atoms in total. The van der Waals surface area contributed by atoms with Gasteiger partial charge in [0.05, 0.1) is 13.7 Å². The van der Waals surface area contributed by atoms with Gasteiger partial charge in [-0.25, -0.2) is 4.79 Å². The first kappa shape index (κ1) is 18.3. The molecule has 1 aliphatic rings. The molecule has 0 saturated carbocycles. The first-order chi connectivity index (χ1) is 11.7. The van der Waals surface area contributed by atoms with Crippen LogP contribution in [0.15, 0.2) is 24.3 Å². The number of benzene rings is 1. The van der Waals surface area contributed by atoms with E-state index in [-0.39, 0.29) is 11.9 Å². The number of carbonyl (C=O) groups excluding carboxylic acids is 2. The number of carbonyl (C=O) groups is 2. The van der Waals surface area contributed by atoms with Crippen LogP contribution < -0.4 is 4.74 Å². The highest BCUT2D eigenvalue weighted by Crippen LogP contribution is 2.22. The van der Waals surface area contributed by atoms with Crippen LogP contribution in [0.25, 0.3) is 0 Å². The fraction of sp³-hybridized carbons (Fsp3) is 0.579. The van der Waals surface area contributed by atoms with E-state index >= 15 is 0 Å². The van der Waals surface area contributed by atoms with Crippen molar-refractivity contribution < 1.29 is 19.1 Å². The van der Waals surface area contributed by atoms with Crippen molar-refractivity contribution in [3.8, 4) is 5.75 Å². The van der Waals surface area contributed by atoms with Gasteiger partial charge >= 0.3 is 5.97 Å². The van der Waals surface area contributed by atoms with Crippen molar-refractivity contribution in [2.24, 2.45) is 0 Å². The summed E-state index contributed by atoms with van der Waals surface area (Å²) in [5.74, 6) is 0.312. The summed E-state index contributed by atoms with van der Waals surface area (Å²) in [6.07, 6.45) is 5.86. The second kappa shape index (κ2) is 9.30. The average molecular weight is 333 g/mol. The van der Waals surface area contributed by atoms with E-state index in [1.165, 1.54) is 7.11 Å². The minimum absolute atomic E-state index is 0.123. The Labute approximate surface area is 143 Å². The number of unbranched alkanes of at least 4 members (excludes halogenated alkanes) is 2. The molecule has 0 spiro atoms. The van der Waals surface area contributed by atoms with Crippen molar-refractivity contribution in [1.82, 2.24) is 4.90 Å². The second-order valence-corrected chi connectivity index (χ2v) is 6.11. The third kappa shape index (κ3) is 4.73. The lowest BCUT2D eigenvalue weighted by molar-refractivity contribution is -0.147. The molecular weight excluding hydrogens is 306 g/mol. The summed E-state index contributed by atoms with van der Waals surface area (Å²) >= 11 is 0. The van der Waals surface area contributed by atoms with Crippen LogP contribution in [-0.2, 0) is 9.53 Å². The van der Waals surface area contributed by atoms with Crippen molar-refractivity contribution >= 4 is 11.9 Å². The first-order valence-electron chi connectivity index (χ1n) is 8.79. The van der Waals surface area contributed by atoms with Crippen LogP contribution in [0.2, 0.25) is 0 Å². The number of esters is 1. The highest BCUT2D eigenvalue weighted by molar-refractivity contribution is 5.97. The number of piperidine rings is 1. The molecule has 0 bridgehead atoms. The summed E-state index contributed by atoms with van der Waals surface area (Å²) in [6.45, 7) is 3.44. The van der Waals surface area contributed by atoms with Crippen LogP contribution in [0.4, 0.5) is 0 Å². The molecule has 24 heavy (non-hydrogen) atoms. The molecule has 1 atom stereocenters. The molecule has 1 unspecified atom stereocenters. The Morgan fingerprint density at radius 3 is 2.58 bits per heavy atom. The summed E-state index contributed by atoms with van der Waals surface area (Å²) in [6, 6.07) is 6.69. The van der Waals surface area contributed by atoms with Crippen molar-refractivity contribution in [2.45, 2.75) is 51.5 Å². The van der Waals surface area contributed by atoms with E-state index in [0.717, 1.165) is 37.9 Å². The number of nitrogens with zero attached hydrogens (tertiary/aromatic N) is 1. The highest BCUT2D eigenvalue weighted by Gasteiger charge is 2.33. The maximum absolute atomic E-state index is 12.7. The maximum Gasteiger partial charge on any atom is 0.328 e. The van der Waals surface area contributed by atoms with E-state index in [1.807, 2.05) is 12.1 Å². The molecule has 1 heterocycles. The molecule has 1 aromatic carbocycles. The van der Waals surface area contributed by atoms with Gasteiger partial charge in [0.15, 0.2) is 0 Å². The van der Waals surface area contributed by atoms with E-state index in [2.05, 4.69) is 6.92 Å². The zero-order valence-electron chi connectivity index (χ0n) is 14.6. The molecular formula is C19H27NO4. The van der Waals surface area contributed by atoms with Gasteiger partial charge in [-0.15, -0.1) is 0 Å². The molecule has 1 saturated heterocycles. The fourth-order valence-electron chi connectivity index (χ4n) is 2.96. The zero-order chi connectivity index (χ0) is 17.4. The SMILES string of the molecule is CCCCCOc1ccc(C(=O)N2CCCCC2C(=O)OC)cc1. The van der Waals surface area contributed by atoms with Gasteiger partial charge in [0.2, 0.25) is 0 Å². The van der Waals surface area contributed by atoms with E-state index in [9.17, 15) is 9.59 Å². The minimum atomic E-state index is -0.471. The number of rotatable bonds is 7. The molecule has 0 aliphatic carbocycles. The Morgan fingerprint density at radius 1 is 1.17 bits per heavy atom. The predicted octanol–water partition coefficient (Wildman–Crippen LogP) is 3.42. The molecule has 1 amide bonds. The topological polar surface area (TPSA) is 55.8 Å². The fourth-order valence-corrected chi connectivity index (χ4v) is 2.96. The van der Waals surface area contributed by atoms with Crippen molar-refractivity contribution in [1.29, 1.82) is 0 Å². The number of methoxy groups -OCH3 is 1. The van der Waals surface area contributed by atoms with Crippen molar-refractivity contribution in [3.05, 3.63) is 29.8 Å². The third-order valence-corrected chi connectivity index (χ3v) is 4.35. The molecule has 1 aromatic rings. The van der Waals surface area contributed by atoms with Gasteiger partial charge in [0, 0.05) is 12.1 Å². The third-order valence-electron chi connectivity index (χ3n) is 4.35. The minimum Gasteiger partial charge on any atom is -0.494 e. The van der Waals surface area contributed by atoms with Gasteiger partial charge in [-0.05, 0) is 49.9 Å². The van der Waals surface area contributed by atoms with E-state index in [1.54, 1.807) is 17.0 Å². The highest BCUT2D eigenvalue weighted by atomic mass is 16.5. The van der Waals surface area contributed by atoms with E-state index in [0.29, 0.717) is 25.1 Å². The molecule has 5 heteroatoms. The lowest BCUT2D eigenvalue weighted by Gasteiger charge is -2.33. The van der Waals surface area contributed by atoms with Gasteiger partial charge in [0.1, 0.15) is 11.8 Å². The molecule has 2 rings (SSSR count). The van der Waals surface area contributed by atoms with Gasteiger partial charge in [-0.3, -0.25) is 4.79 Å². The number of hydrogen-bond donors (Lipinski definition) is 0. The molecule has 1 aliphatic heterocycles. The monoisotopic (exact) mass is 333 g/mol. The Morgan fingerprint density at radius 2 is 1.92 bits per heavy atom. The Kier molecular flexibility index (Phi) is 7.09. The first-order valence-corrected chi connectivity index (χ1v) is 8.79. The summed E-state index contributed by atoms with van der Waals surface area (Å²) in [5.41, 5.74) is 0.576. The smallest absolute Gasteiger partial charge is 0.328 e. The van der Waals surface area contributed by atoms with E-state index < -0.39 is 6.04 Å². The predicted molar refractivity (Wildman–Crippen MR) is 92.2 cm³/mol. The molecule has 132 valence electrons. The van der Waals surface area contributed by atoms with Crippen LogP contribution in [0.1, 0.15) is 55.8 Å². The van der Waals surface area contributed by atoms with Crippen LogP contribution in [-0.4, -0.2) is 43.1 Å². The summed E-state index contributed by atoms with van der Waals surface area (Å²) in [4.78, 5) is 26.3. The molecule has 0 radical (unpaired) electrons. The summed E-state index contributed by atoms with van der Waals surface area (Å²) < 4.78 is 10.5. The Balaban J connectivity index is 1.99. The largest absolute Gasteiger partial charge is 0.494 e. The van der Waals surface area contributed by atoms with Crippen molar-refractivity contribution in [2.75, 3.05) is 20.3 Å². The standard InChI is InChI=1S/C19H27NO4/c1-3-4-7-14-24-16-11-9-15(10-12-16)18(21)20-13-6-5-8-17(20)19(22)23-2/h9-12,17H,3-8,13-14H2,1-2H3. The lowest BCUT2D eigenvalue weighted by atomic mass is 10.0. The van der Waals surface area contributed by atoms with Gasteiger partial charge in [-0.2, -0.15) is 0 Å². The van der Waals surface area contributed by atoms with Crippen LogP contribution >= 0.6 is 0 Å². The van der Waals surface area contributed by atoms with Crippen LogP contribution in [0.3, 0.4) is 0 Å². The maximum atomic E-state index is 12.7.